The Morgan fingerprint density at radius 2 is 1.96 bits per heavy atom. The van der Waals surface area contributed by atoms with E-state index in [1.165, 1.54) is 0 Å². The molecule has 3 rings (SSSR count). The largest absolute Gasteiger partial charge is 0.492 e. The van der Waals surface area contributed by atoms with Crippen molar-refractivity contribution in [1.29, 1.82) is 0 Å². The van der Waals surface area contributed by atoms with Crippen LogP contribution in [0.15, 0.2) is 49.1 Å². The van der Waals surface area contributed by atoms with Gasteiger partial charge >= 0.3 is 0 Å². The van der Waals surface area contributed by atoms with Gasteiger partial charge in [-0.05, 0) is 19.1 Å². The van der Waals surface area contributed by atoms with Crippen LogP contribution < -0.4 is 4.74 Å². The third-order valence-corrected chi connectivity index (χ3v) is 4.65. The van der Waals surface area contributed by atoms with Gasteiger partial charge in [-0.25, -0.2) is 4.98 Å². The normalized spacial score (nSPS) is 16.6. The van der Waals surface area contributed by atoms with Crippen molar-refractivity contribution in [3.8, 4) is 5.75 Å². The highest BCUT2D eigenvalue weighted by molar-refractivity contribution is 5.76. The molecule has 2 heterocycles. The van der Waals surface area contributed by atoms with E-state index < -0.39 is 0 Å². The number of hydrogen-bond donors (Lipinski definition) is 0. The topological polar surface area (TPSA) is 50.6 Å². The Labute approximate surface area is 149 Å². The van der Waals surface area contributed by atoms with Gasteiger partial charge < -0.3 is 14.2 Å². The van der Waals surface area contributed by atoms with Crippen molar-refractivity contribution in [1.82, 2.24) is 19.4 Å². The van der Waals surface area contributed by atoms with Crippen LogP contribution in [-0.2, 0) is 4.79 Å². The van der Waals surface area contributed by atoms with E-state index in [2.05, 4.69) is 16.8 Å². The minimum absolute atomic E-state index is 0.146. The maximum Gasteiger partial charge on any atom is 0.224 e. The summed E-state index contributed by atoms with van der Waals surface area (Å²) in [6.07, 6.45) is 5.94. The fourth-order valence-corrected chi connectivity index (χ4v) is 3.05. The lowest BCUT2D eigenvalue weighted by Crippen LogP contribution is -2.49. The highest BCUT2D eigenvalue weighted by Gasteiger charge is 2.22. The molecule has 1 amide bonds. The SMILES string of the molecule is CC(CC(=O)N1CCN(CCOc2ccccc2)CC1)n1ccnc1. The molecule has 2 aromatic rings. The highest BCUT2D eigenvalue weighted by Crippen LogP contribution is 2.13. The Morgan fingerprint density at radius 3 is 2.64 bits per heavy atom. The summed E-state index contributed by atoms with van der Waals surface area (Å²) in [6, 6.07) is 10.0. The van der Waals surface area contributed by atoms with Crippen molar-refractivity contribution in [2.75, 3.05) is 39.3 Å². The zero-order valence-electron chi connectivity index (χ0n) is 14.8. The molecule has 0 N–H and O–H groups in total. The molecule has 0 saturated carbocycles. The Morgan fingerprint density at radius 1 is 1.20 bits per heavy atom. The lowest BCUT2D eigenvalue weighted by atomic mass is 10.2. The van der Waals surface area contributed by atoms with Gasteiger partial charge in [0.25, 0.3) is 0 Å². The van der Waals surface area contributed by atoms with Gasteiger partial charge in [-0.15, -0.1) is 0 Å². The molecule has 1 aliphatic heterocycles. The summed E-state index contributed by atoms with van der Waals surface area (Å²) in [5.74, 6) is 1.13. The molecule has 6 heteroatoms. The second-order valence-electron chi connectivity index (χ2n) is 6.45. The van der Waals surface area contributed by atoms with Crippen LogP contribution in [0.4, 0.5) is 0 Å². The van der Waals surface area contributed by atoms with Crippen LogP contribution in [0.25, 0.3) is 0 Å². The zero-order chi connectivity index (χ0) is 17.5. The van der Waals surface area contributed by atoms with Gasteiger partial charge in [-0.3, -0.25) is 9.69 Å². The monoisotopic (exact) mass is 342 g/mol. The average Bonchev–Trinajstić information content (AvgIpc) is 3.18. The molecule has 1 fully saturated rings. The third-order valence-electron chi connectivity index (χ3n) is 4.65. The molecule has 134 valence electrons. The zero-order valence-corrected chi connectivity index (χ0v) is 14.8. The molecular formula is C19H26N4O2. The second-order valence-corrected chi connectivity index (χ2v) is 6.45. The predicted molar refractivity (Wildman–Crippen MR) is 96.5 cm³/mol. The molecule has 6 nitrogen and oxygen atoms in total. The van der Waals surface area contributed by atoms with Crippen LogP contribution in [-0.4, -0.2) is 64.6 Å². The number of carbonyl (C=O) groups excluding carboxylic acids is 1. The molecule has 1 aromatic heterocycles. The van der Waals surface area contributed by atoms with E-state index in [-0.39, 0.29) is 11.9 Å². The van der Waals surface area contributed by atoms with Crippen molar-refractivity contribution in [3.05, 3.63) is 49.1 Å². The van der Waals surface area contributed by atoms with Gasteiger partial charge in [0.15, 0.2) is 0 Å². The maximum absolute atomic E-state index is 12.5. The number of para-hydroxylation sites is 1. The minimum Gasteiger partial charge on any atom is -0.492 e. The maximum atomic E-state index is 12.5. The second kappa shape index (κ2) is 8.67. The van der Waals surface area contributed by atoms with Crippen LogP contribution in [0.3, 0.4) is 0 Å². The molecule has 0 bridgehead atoms. The minimum atomic E-state index is 0.146. The Balaban J connectivity index is 1.36. The fourth-order valence-electron chi connectivity index (χ4n) is 3.05. The van der Waals surface area contributed by atoms with Gasteiger partial charge in [-0.1, -0.05) is 18.2 Å². The van der Waals surface area contributed by atoms with Gasteiger partial charge in [-0.2, -0.15) is 0 Å². The van der Waals surface area contributed by atoms with Crippen LogP contribution >= 0.6 is 0 Å². The first kappa shape index (κ1) is 17.5. The number of imidazole rings is 1. The van der Waals surface area contributed by atoms with E-state index in [0.717, 1.165) is 38.5 Å². The quantitative estimate of drug-likeness (QED) is 0.773. The molecule has 1 saturated heterocycles. The Hall–Kier alpha value is -2.34. The van der Waals surface area contributed by atoms with E-state index in [4.69, 9.17) is 4.74 Å². The molecule has 1 atom stereocenters. The first-order valence-electron chi connectivity index (χ1n) is 8.88. The van der Waals surface area contributed by atoms with Gasteiger partial charge in [0.05, 0.1) is 6.33 Å². The van der Waals surface area contributed by atoms with E-state index in [1.54, 1.807) is 12.5 Å². The molecule has 1 aliphatic rings. The standard InChI is InChI=1S/C19H26N4O2/c1-17(23-8-7-20-16-23)15-19(24)22-11-9-21(10-12-22)13-14-25-18-5-3-2-4-6-18/h2-8,16-17H,9-15H2,1H3. The van der Waals surface area contributed by atoms with Crippen LogP contribution in [0, 0.1) is 0 Å². The Kier molecular flexibility index (Phi) is 6.06. The number of amides is 1. The van der Waals surface area contributed by atoms with Gasteiger partial charge in [0.2, 0.25) is 5.91 Å². The highest BCUT2D eigenvalue weighted by atomic mass is 16.5. The van der Waals surface area contributed by atoms with Crippen molar-refractivity contribution >= 4 is 5.91 Å². The first-order chi connectivity index (χ1) is 12.2. The van der Waals surface area contributed by atoms with Gasteiger partial charge in [0.1, 0.15) is 12.4 Å². The van der Waals surface area contributed by atoms with E-state index in [9.17, 15) is 4.79 Å². The lowest BCUT2D eigenvalue weighted by Gasteiger charge is -2.35. The number of hydrogen-bond acceptors (Lipinski definition) is 4. The predicted octanol–water partition coefficient (Wildman–Crippen LogP) is 2.06. The van der Waals surface area contributed by atoms with Gasteiger partial charge in [0, 0.05) is 57.6 Å². The molecule has 0 radical (unpaired) electrons. The Bertz CT molecular complexity index is 637. The summed E-state index contributed by atoms with van der Waals surface area (Å²) in [6.45, 7) is 7.02. The number of nitrogens with zero attached hydrogens (tertiary/aromatic N) is 4. The number of rotatable bonds is 7. The number of piperazine rings is 1. The number of ether oxygens (including phenoxy) is 1. The summed E-state index contributed by atoms with van der Waals surface area (Å²) in [5.41, 5.74) is 0. The fraction of sp³-hybridized carbons (Fsp3) is 0.474. The van der Waals surface area contributed by atoms with E-state index >= 15 is 0 Å². The van der Waals surface area contributed by atoms with Crippen molar-refractivity contribution in [2.45, 2.75) is 19.4 Å². The van der Waals surface area contributed by atoms with E-state index in [0.29, 0.717) is 13.0 Å². The first-order valence-corrected chi connectivity index (χ1v) is 8.88. The third kappa shape index (κ3) is 5.06. The molecule has 0 aliphatic carbocycles. The summed E-state index contributed by atoms with van der Waals surface area (Å²) >= 11 is 0. The van der Waals surface area contributed by atoms with Crippen LogP contribution in [0.5, 0.6) is 5.75 Å². The van der Waals surface area contributed by atoms with Crippen LogP contribution in [0.2, 0.25) is 0 Å². The summed E-state index contributed by atoms with van der Waals surface area (Å²) < 4.78 is 7.73. The average molecular weight is 342 g/mol. The summed E-state index contributed by atoms with van der Waals surface area (Å²) in [4.78, 5) is 20.8. The summed E-state index contributed by atoms with van der Waals surface area (Å²) in [7, 11) is 0. The summed E-state index contributed by atoms with van der Waals surface area (Å²) in [5, 5.41) is 0. The molecular weight excluding hydrogens is 316 g/mol. The molecule has 1 unspecified atom stereocenters. The lowest BCUT2D eigenvalue weighted by molar-refractivity contribution is -0.133. The van der Waals surface area contributed by atoms with Crippen molar-refractivity contribution in [2.24, 2.45) is 0 Å². The van der Waals surface area contributed by atoms with Crippen molar-refractivity contribution < 1.29 is 9.53 Å². The van der Waals surface area contributed by atoms with Crippen molar-refractivity contribution in [3.63, 3.8) is 0 Å². The van der Waals surface area contributed by atoms with E-state index in [1.807, 2.05) is 46.0 Å². The molecule has 25 heavy (non-hydrogen) atoms. The number of carbonyl (C=O) groups is 1. The molecule has 0 spiro atoms. The molecule has 1 aromatic carbocycles. The number of aromatic nitrogens is 2. The number of benzene rings is 1. The smallest absolute Gasteiger partial charge is 0.224 e. The van der Waals surface area contributed by atoms with Crippen LogP contribution in [0.1, 0.15) is 19.4 Å².